The highest BCUT2D eigenvalue weighted by Crippen LogP contribution is 2.72. The summed E-state index contributed by atoms with van der Waals surface area (Å²) in [6, 6.07) is 2.26. The maximum atomic E-state index is 14.8. The van der Waals surface area contributed by atoms with Gasteiger partial charge in [0.2, 0.25) is 0 Å². The fraction of sp³-hybridized carbons (Fsp3) is 0.774. The average molecular weight is 524 g/mol. The lowest BCUT2D eigenvalue weighted by atomic mass is 9.58. The number of ether oxygens (including phenoxy) is 3. The summed E-state index contributed by atoms with van der Waals surface area (Å²) in [6.07, 6.45) is 6.16. The molecule has 206 valence electrons. The molecule has 7 nitrogen and oxygen atoms in total. The van der Waals surface area contributed by atoms with Crippen LogP contribution in [-0.4, -0.2) is 47.1 Å². The molecule has 7 heteroatoms. The normalized spacial score (nSPS) is 45.6. The van der Waals surface area contributed by atoms with E-state index in [-0.39, 0.29) is 35.6 Å². The molecule has 3 saturated carbocycles. The topological polar surface area (TPSA) is 106 Å². The number of aliphatic hydroxyl groups is 1. The summed E-state index contributed by atoms with van der Waals surface area (Å²) in [5, 5.41) is 23.2. The summed E-state index contributed by atoms with van der Waals surface area (Å²) in [5.41, 5.74) is -2.94. The number of hydrogen-bond donors (Lipinski definition) is 1. The molecule has 8 unspecified atom stereocenters. The van der Waals surface area contributed by atoms with E-state index >= 15 is 0 Å². The number of esters is 1. The van der Waals surface area contributed by atoms with Crippen LogP contribution in [-0.2, 0) is 23.8 Å². The molecule has 0 radical (unpaired) electrons. The summed E-state index contributed by atoms with van der Waals surface area (Å²) in [7, 11) is 0. The Morgan fingerprint density at radius 2 is 1.87 bits per heavy atom. The second-order valence-electron chi connectivity index (χ2n) is 14.0. The van der Waals surface area contributed by atoms with E-state index in [1.54, 1.807) is 13.8 Å². The van der Waals surface area contributed by atoms with Gasteiger partial charge in [-0.15, -0.1) is 0 Å². The molecule has 4 fully saturated rings. The van der Waals surface area contributed by atoms with Gasteiger partial charge < -0.3 is 19.3 Å². The van der Waals surface area contributed by atoms with Crippen LogP contribution in [0.25, 0.3) is 0 Å². The molecule has 0 aromatic heterocycles. The van der Waals surface area contributed by atoms with Crippen molar-refractivity contribution in [3.05, 3.63) is 23.3 Å². The molecule has 1 spiro atoms. The summed E-state index contributed by atoms with van der Waals surface area (Å²) in [5.74, 6) is -1.63. The first-order valence-electron chi connectivity index (χ1n) is 14.4. The van der Waals surface area contributed by atoms with Crippen molar-refractivity contribution in [3.8, 4) is 6.07 Å². The Kier molecular flexibility index (Phi) is 5.54. The van der Waals surface area contributed by atoms with Crippen molar-refractivity contribution in [1.82, 2.24) is 0 Å². The van der Waals surface area contributed by atoms with Gasteiger partial charge in [-0.3, -0.25) is 9.59 Å². The third-order valence-electron chi connectivity index (χ3n) is 11.2. The van der Waals surface area contributed by atoms with Crippen molar-refractivity contribution in [1.29, 1.82) is 5.26 Å². The molecule has 1 saturated heterocycles. The van der Waals surface area contributed by atoms with Crippen LogP contribution in [0.4, 0.5) is 0 Å². The lowest BCUT2D eigenvalue weighted by Crippen LogP contribution is -2.68. The van der Waals surface area contributed by atoms with Gasteiger partial charge in [0, 0.05) is 5.92 Å². The van der Waals surface area contributed by atoms with Gasteiger partial charge in [0.05, 0.1) is 18.1 Å². The van der Waals surface area contributed by atoms with Gasteiger partial charge in [0.15, 0.2) is 28.7 Å². The highest BCUT2D eigenvalue weighted by Gasteiger charge is 2.77. The molecule has 6 rings (SSSR count). The summed E-state index contributed by atoms with van der Waals surface area (Å²) >= 11 is 0. The number of carbonyl (C=O) groups excluding carboxylic acids is 2. The SMILES string of the molecule is CC1=CC23C(=O)C(C=C4COC(C)(C)OC4C2(O)C1OC(=O)C1(C#N)CCCCC1)C1C(CC3C)C1(C)C. The predicted molar refractivity (Wildman–Crippen MR) is 138 cm³/mol. The zero-order valence-corrected chi connectivity index (χ0v) is 23.5. The Labute approximate surface area is 225 Å². The molecule has 1 aliphatic heterocycles. The third kappa shape index (κ3) is 3.17. The molecule has 0 aromatic carbocycles. The quantitative estimate of drug-likeness (QED) is 0.415. The van der Waals surface area contributed by atoms with Crippen molar-refractivity contribution >= 4 is 11.8 Å². The molecule has 0 amide bonds. The minimum Gasteiger partial charge on any atom is -0.453 e. The fourth-order valence-electron chi connectivity index (χ4n) is 9.04. The number of allylic oxidation sites excluding steroid dienone is 1. The predicted octanol–water partition coefficient (Wildman–Crippen LogP) is 4.64. The molecule has 2 bridgehead atoms. The molecule has 1 N–H and O–H groups in total. The lowest BCUT2D eigenvalue weighted by Gasteiger charge is -2.53. The number of rotatable bonds is 2. The second-order valence-corrected chi connectivity index (χ2v) is 14.0. The summed E-state index contributed by atoms with van der Waals surface area (Å²) < 4.78 is 18.7. The van der Waals surface area contributed by atoms with E-state index in [4.69, 9.17) is 14.2 Å². The zero-order chi connectivity index (χ0) is 27.5. The lowest BCUT2D eigenvalue weighted by molar-refractivity contribution is -0.304. The van der Waals surface area contributed by atoms with Gasteiger partial charge in [-0.2, -0.15) is 5.26 Å². The van der Waals surface area contributed by atoms with Crippen LogP contribution in [0.5, 0.6) is 0 Å². The van der Waals surface area contributed by atoms with E-state index in [0.717, 1.165) is 31.3 Å². The molecule has 38 heavy (non-hydrogen) atoms. The smallest absolute Gasteiger partial charge is 0.327 e. The van der Waals surface area contributed by atoms with Crippen LogP contribution >= 0.6 is 0 Å². The van der Waals surface area contributed by atoms with Crippen molar-refractivity contribution in [3.63, 3.8) is 0 Å². The number of ketones is 1. The first kappa shape index (κ1) is 26.2. The Morgan fingerprint density at radius 1 is 1.18 bits per heavy atom. The zero-order valence-electron chi connectivity index (χ0n) is 23.5. The number of nitriles is 1. The van der Waals surface area contributed by atoms with E-state index in [0.29, 0.717) is 24.3 Å². The third-order valence-corrected chi connectivity index (χ3v) is 11.2. The van der Waals surface area contributed by atoms with Crippen LogP contribution in [0.15, 0.2) is 23.3 Å². The molecule has 5 aliphatic carbocycles. The standard InChI is InChI=1S/C31H41NO6/c1-17-14-30-18(2)12-21-22(27(21,3)4)20(23(30)33)13-19-15-36-28(5,6)38-25(19)31(30,35)24(17)37-26(34)29(16-32)10-8-7-9-11-29/h13-14,18,20-22,24-25,35H,7-12,15H2,1-6H3. The van der Waals surface area contributed by atoms with Gasteiger partial charge in [0.25, 0.3) is 0 Å². The molecular formula is C31H41NO6. The van der Waals surface area contributed by atoms with E-state index < -0.39 is 40.4 Å². The highest BCUT2D eigenvalue weighted by atomic mass is 16.7. The summed E-state index contributed by atoms with van der Waals surface area (Å²) in [6.45, 7) is 12.2. The first-order valence-corrected chi connectivity index (χ1v) is 14.4. The van der Waals surface area contributed by atoms with Crippen LogP contribution < -0.4 is 0 Å². The average Bonchev–Trinajstić information content (AvgIpc) is 3.36. The van der Waals surface area contributed by atoms with Gasteiger partial charge in [0.1, 0.15) is 6.10 Å². The minimum absolute atomic E-state index is 0.0144. The van der Waals surface area contributed by atoms with Crippen molar-refractivity contribution in [2.75, 3.05) is 6.61 Å². The second kappa shape index (κ2) is 8.02. The van der Waals surface area contributed by atoms with Crippen molar-refractivity contribution in [2.24, 2.45) is 39.9 Å². The maximum Gasteiger partial charge on any atom is 0.327 e. The number of fused-ring (bicyclic) bond motifs is 5. The number of nitrogens with zero attached hydrogens (tertiary/aromatic N) is 1. The van der Waals surface area contributed by atoms with E-state index in [9.17, 15) is 20.0 Å². The van der Waals surface area contributed by atoms with Crippen LogP contribution in [0.2, 0.25) is 0 Å². The summed E-state index contributed by atoms with van der Waals surface area (Å²) in [4.78, 5) is 28.5. The van der Waals surface area contributed by atoms with Crippen LogP contribution in [0.1, 0.15) is 80.1 Å². The molecule has 6 aliphatic rings. The van der Waals surface area contributed by atoms with Crippen LogP contribution in [0.3, 0.4) is 0 Å². The van der Waals surface area contributed by atoms with Gasteiger partial charge in [-0.05, 0) is 74.3 Å². The number of hydrogen-bond acceptors (Lipinski definition) is 7. The largest absolute Gasteiger partial charge is 0.453 e. The fourth-order valence-corrected chi connectivity index (χ4v) is 9.04. The molecule has 1 heterocycles. The minimum atomic E-state index is -1.85. The Morgan fingerprint density at radius 3 is 2.53 bits per heavy atom. The van der Waals surface area contributed by atoms with Crippen LogP contribution in [0, 0.1) is 51.2 Å². The van der Waals surface area contributed by atoms with Gasteiger partial charge in [-0.25, -0.2) is 0 Å². The number of Topliss-reactive ketones (excluding diaryl/α,β-unsaturated/α-hetero) is 1. The monoisotopic (exact) mass is 523 g/mol. The Balaban J connectivity index is 1.50. The van der Waals surface area contributed by atoms with Crippen molar-refractivity contribution < 1.29 is 28.9 Å². The Hall–Kier alpha value is -2.01. The maximum absolute atomic E-state index is 14.8. The van der Waals surface area contributed by atoms with E-state index in [1.165, 1.54) is 0 Å². The highest BCUT2D eigenvalue weighted by molar-refractivity contribution is 5.95. The Bertz CT molecular complexity index is 1190. The molecule has 0 aromatic rings. The van der Waals surface area contributed by atoms with E-state index in [1.807, 2.05) is 19.1 Å². The first-order chi connectivity index (χ1) is 17.7. The van der Waals surface area contributed by atoms with Gasteiger partial charge in [-0.1, -0.05) is 52.2 Å². The number of carbonyl (C=O) groups is 2. The van der Waals surface area contributed by atoms with E-state index in [2.05, 4.69) is 26.8 Å². The van der Waals surface area contributed by atoms with Gasteiger partial charge >= 0.3 is 5.97 Å². The van der Waals surface area contributed by atoms with Crippen molar-refractivity contribution in [2.45, 2.75) is 104 Å². The molecule has 8 atom stereocenters. The molecular weight excluding hydrogens is 482 g/mol.